The number of hydrogen-bond acceptors (Lipinski definition) is 3. The van der Waals surface area contributed by atoms with Crippen molar-refractivity contribution in [1.29, 1.82) is 0 Å². The zero-order valence-corrected chi connectivity index (χ0v) is 7.88. The third-order valence-electron chi connectivity index (χ3n) is 1.83. The Labute approximate surface area is 81.9 Å². The van der Waals surface area contributed by atoms with Crippen LogP contribution in [0.4, 0.5) is 0 Å². The van der Waals surface area contributed by atoms with Gasteiger partial charge in [-0.3, -0.25) is 4.79 Å². The van der Waals surface area contributed by atoms with E-state index in [1.807, 2.05) is 12.2 Å². The van der Waals surface area contributed by atoms with Crippen molar-refractivity contribution in [1.82, 2.24) is 0 Å². The van der Waals surface area contributed by atoms with Crippen molar-refractivity contribution in [2.45, 2.75) is 18.9 Å². The molecule has 0 radical (unpaired) electrons. The topological polar surface area (TPSA) is 63.3 Å². The van der Waals surface area contributed by atoms with E-state index in [2.05, 4.69) is 0 Å². The van der Waals surface area contributed by atoms with Gasteiger partial charge in [-0.1, -0.05) is 30.4 Å². The molecule has 0 spiro atoms. The number of hydrogen-bond donors (Lipinski definition) is 2. The van der Waals surface area contributed by atoms with Gasteiger partial charge in [0, 0.05) is 17.3 Å². The lowest BCUT2D eigenvalue weighted by Gasteiger charge is -2.16. The van der Waals surface area contributed by atoms with Crippen LogP contribution in [-0.2, 0) is 4.79 Å². The fourth-order valence-electron chi connectivity index (χ4n) is 1.19. The fourth-order valence-corrected chi connectivity index (χ4v) is 1.50. The highest BCUT2D eigenvalue weighted by molar-refractivity contribution is 7.80. The molecule has 0 aromatic rings. The first kappa shape index (κ1) is 10.1. The normalized spacial score (nSPS) is 18.2. The van der Waals surface area contributed by atoms with Gasteiger partial charge in [0.2, 0.25) is 0 Å². The smallest absolute Gasteiger partial charge is 0.305 e. The first-order valence-electron chi connectivity index (χ1n) is 3.98. The van der Waals surface area contributed by atoms with Gasteiger partial charge in [-0.15, -0.1) is 0 Å². The molecule has 70 valence electrons. The minimum atomic E-state index is -0.897. The van der Waals surface area contributed by atoms with Gasteiger partial charge in [0.25, 0.3) is 0 Å². The second kappa shape index (κ2) is 4.30. The van der Waals surface area contributed by atoms with Crippen molar-refractivity contribution in [3.63, 3.8) is 0 Å². The maximum atomic E-state index is 10.4. The van der Waals surface area contributed by atoms with Crippen LogP contribution >= 0.6 is 12.2 Å². The van der Waals surface area contributed by atoms with E-state index in [9.17, 15) is 4.79 Å². The molecular weight excluding hydrogens is 186 g/mol. The van der Waals surface area contributed by atoms with Crippen molar-refractivity contribution >= 4 is 23.1 Å². The summed E-state index contributed by atoms with van der Waals surface area (Å²) in [4.78, 5) is 11.1. The Morgan fingerprint density at radius 3 is 3.00 bits per heavy atom. The molecule has 1 aliphatic rings. The molecule has 4 heteroatoms. The number of nitrogens with two attached hydrogens (primary N) is 1. The molecule has 0 saturated heterocycles. The van der Waals surface area contributed by atoms with E-state index in [0.29, 0.717) is 6.42 Å². The Bertz CT molecular complexity index is 294. The van der Waals surface area contributed by atoms with Crippen molar-refractivity contribution in [2.75, 3.05) is 0 Å². The van der Waals surface area contributed by atoms with Crippen LogP contribution < -0.4 is 5.73 Å². The van der Waals surface area contributed by atoms with E-state index >= 15 is 0 Å². The quantitative estimate of drug-likeness (QED) is 0.664. The Balaban J connectivity index is 2.69. The van der Waals surface area contributed by atoms with Crippen molar-refractivity contribution in [3.8, 4) is 0 Å². The third-order valence-corrected chi connectivity index (χ3v) is 2.23. The number of rotatable bonds is 3. The molecule has 0 aromatic carbocycles. The van der Waals surface area contributed by atoms with E-state index < -0.39 is 12.0 Å². The molecule has 3 N–H and O–H groups in total. The summed E-state index contributed by atoms with van der Waals surface area (Å²) in [6, 6.07) is -0.477. The van der Waals surface area contributed by atoms with Crippen molar-refractivity contribution in [2.24, 2.45) is 5.73 Å². The molecule has 0 aromatic heterocycles. The van der Waals surface area contributed by atoms with E-state index in [1.54, 1.807) is 6.08 Å². The lowest BCUT2D eigenvalue weighted by molar-refractivity contribution is -0.137. The minimum Gasteiger partial charge on any atom is -0.481 e. The highest BCUT2D eigenvalue weighted by atomic mass is 32.1. The Kier molecular flexibility index (Phi) is 3.33. The molecule has 1 atom stereocenters. The highest BCUT2D eigenvalue weighted by Crippen LogP contribution is 2.14. The minimum absolute atomic E-state index is 0.0696. The average molecular weight is 197 g/mol. The molecule has 0 saturated carbocycles. The number of aliphatic carboxylic acids is 1. The predicted octanol–water partition coefficient (Wildman–Crippen LogP) is 1.04. The Morgan fingerprint density at radius 2 is 2.46 bits per heavy atom. The summed E-state index contributed by atoms with van der Waals surface area (Å²) in [6.45, 7) is 0. The van der Waals surface area contributed by atoms with E-state index in [4.69, 9.17) is 23.1 Å². The lowest BCUT2D eigenvalue weighted by Crippen LogP contribution is -2.29. The summed E-state index contributed by atoms with van der Waals surface area (Å²) >= 11 is 5.06. The predicted molar refractivity (Wildman–Crippen MR) is 54.7 cm³/mol. The second-order valence-electron chi connectivity index (χ2n) is 2.88. The van der Waals surface area contributed by atoms with Crippen LogP contribution in [0.5, 0.6) is 0 Å². The first-order chi connectivity index (χ1) is 6.11. The fraction of sp³-hybridized carbons (Fsp3) is 0.333. The van der Waals surface area contributed by atoms with Gasteiger partial charge in [0.15, 0.2) is 0 Å². The second-order valence-corrected chi connectivity index (χ2v) is 3.37. The van der Waals surface area contributed by atoms with Crippen LogP contribution in [0.25, 0.3) is 0 Å². The van der Waals surface area contributed by atoms with Gasteiger partial charge in [-0.25, -0.2) is 0 Å². The molecule has 1 aliphatic carbocycles. The highest BCUT2D eigenvalue weighted by Gasteiger charge is 2.17. The summed E-state index contributed by atoms with van der Waals surface area (Å²) in [5.74, 6) is -0.897. The van der Waals surface area contributed by atoms with Gasteiger partial charge in [-0.2, -0.15) is 0 Å². The standard InChI is InChI=1S/C9H11NO2S/c10-7(5-9(11)12)6-3-1-2-4-8(6)13/h1-3,7H,4-5,10H2,(H,11,12). The molecule has 0 amide bonds. The Hall–Kier alpha value is -1.00. The monoisotopic (exact) mass is 197 g/mol. The van der Waals surface area contributed by atoms with Crippen LogP contribution in [0.15, 0.2) is 23.8 Å². The van der Waals surface area contributed by atoms with Crippen LogP contribution in [-0.4, -0.2) is 22.0 Å². The van der Waals surface area contributed by atoms with Crippen molar-refractivity contribution in [3.05, 3.63) is 23.8 Å². The molecule has 0 heterocycles. The molecule has 1 rings (SSSR count). The molecule has 0 fully saturated rings. The van der Waals surface area contributed by atoms with Crippen LogP contribution in [0.3, 0.4) is 0 Å². The van der Waals surface area contributed by atoms with Gasteiger partial charge in [0.1, 0.15) is 0 Å². The van der Waals surface area contributed by atoms with E-state index in [0.717, 1.165) is 10.4 Å². The largest absolute Gasteiger partial charge is 0.481 e. The molecule has 0 aliphatic heterocycles. The van der Waals surface area contributed by atoms with Crippen LogP contribution in [0.2, 0.25) is 0 Å². The molecular formula is C9H11NO2S. The van der Waals surface area contributed by atoms with Gasteiger partial charge in [0.05, 0.1) is 6.42 Å². The summed E-state index contributed by atoms with van der Waals surface area (Å²) in [5, 5.41) is 8.53. The van der Waals surface area contributed by atoms with Gasteiger partial charge in [-0.05, 0) is 5.57 Å². The zero-order valence-electron chi connectivity index (χ0n) is 7.06. The van der Waals surface area contributed by atoms with Gasteiger partial charge < -0.3 is 10.8 Å². The third kappa shape index (κ3) is 2.75. The van der Waals surface area contributed by atoms with Gasteiger partial charge >= 0.3 is 5.97 Å². The number of thiocarbonyl (C=S) groups is 1. The molecule has 0 bridgehead atoms. The molecule has 3 nitrogen and oxygen atoms in total. The molecule has 13 heavy (non-hydrogen) atoms. The van der Waals surface area contributed by atoms with Crippen LogP contribution in [0.1, 0.15) is 12.8 Å². The zero-order chi connectivity index (χ0) is 9.84. The molecule has 1 unspecified atom stereocenters. The number of allylic oxidation sites excluding steroid dienone is 3. The number of carboxylic acids is 1. The Morgan fingerprint density at radius 1 is 1.77 bits per heavy atom. The maximum absolute atomic E-state index is 10.4. The van der Waals surface area contributed by atoms with Crippen molar-refractivity contribution < 1.29 is 9.90 Å². The maximum Gasteiger partial charge on any atom is 0.305 e. The number of carboxylic acid groups (broad SMARTS) is 1. The SMILES string of the molecule is NC(CC(=O)O)C1=CC=CCC1=S. The van der Waals surface area contributed by atoms with Crippen LogP contribution in [0, 0.1) is 0 Å². The van der Waals surface area contributed by atoms with E-state index in [-0.39, 0.29) is 6.42 Å². The summed E-state index contributed by atoms with van der Waals surface area (Å²) in [6.07, 6.45) is 6.19. The van der Waals surface area contributed by atoms with E-state index in [1.165, 1.54) is 0 Å². The number of carbonyl (C=O) groups is 1. The summed E-state index contributed by atoms with van der Waals surface area (Å²) in [5.41, 5.74) is 6.45. The lowest BCUT2D eigenvalue weighted by atomic mass is 9.96. The first-order valence-corrected chi connectivity index (χ1v) is 4.39. The summed E-state index contributed by atoms with van der Waals surface area (Å²) in [7, 11) is 0. The average Bonchev–Trinajstić information content (AvgIpc) is 2.03. The summed E-state index contributed by atoms with van der Waals surface area (Å²) < 4.78 is 0.